The lowest BCUT2D eigenvalue weighted by Gasteiger charge is -2.33. The summed E-state index contributed by atoms with van der Waals surface area (Å²) in [5.74, 6) is 0.696. The van der Waals surface area contributed by atoms with E-state index in [4.69, 9.17) is 0 Å². The second-order valence-corrected chi connectivity index (χ2v) is 5.33. The van der Waals surface area contributed by atoms with Gasteiger partial charge in [-0.1, -0.05) is 13.3 Å². The van der Waals surface area contributed by atoms with Crippen LogP contribution in [0.3, 0.4) is 0 Å². The quantitative estimate of drug-likeness (QED) is 0.884. The van der Waals surface area contributed by atoms with Gasteiger partial charge in [-0.15, -0.1) is 0 Å². The average molecular weight is 250 g/mol. The maximum atomic E-state index is 4.36. The fourth-order valence-corrected chi connectivity index (χ4v) is 3.22. The summed E-state index contributed by atoms with van der Waals surface area (Å²) in [6.45, 7) is 5.71. The lowest BCUT2D eigenvalue weighted by Crippen LogP contribution is -2.36. The predicted molar refractivity (Wildman–Crippen MR) is 74.5 cm³/mol. The van der Waals surface area contributed by atoms with E-state index in [-0.39, 0.29) is 0 Å². The number of nitrogens with one attached hydrogen (secondary N) is 1. The summed E-state index contributed by atoms with van der Waals surface area (Å²) in [4.78, 5) is 2.62. The Morgan fingerprint density at radius 1 is 1.44 bits per heavy atom. The number of hydrogen-bond acceptors (Lipinski definition) is 3. The highest BCUT2D eigenvalue weighted by molar-refractivity contribution is 5.13. The van der Waals surface area contributed by atoms with E-state index >= 15 is 0 Å². The van der Waals surface area contributed by atoms with Crippen LogP contribution in [-0.4, -0.2) is 41.4 Å². The Morgan fingerprint density at radius 2 is 2.28 bits per heavy atom. The third-order valence-corrected chi connectivity index (χ3v) is 4.05. The average Bonchev–Trinajstić information content (AvgIpc) is 2.68. The molecule has 0 aliphatic carbocycles. The van der Waals surface area contributed by atoms with Crippen LogP contribution in [0.2, 0.25) is 0 Å². The molecule has 0 spiro atoms. The Balaban J connectivity index is 2.25. The number of aryl methyl sites for hydroxylation is 1. The fourth-order valence-electron chi connectivity index (χ4n) is 3.22. The van der Waals surface area contributed by atoms with Crippen molar-refractivity contribution in [3.63, 3.8) is 0 Å². The zero-order valence-corrected chi connectivity index (χ0v) is 11.9. The molecule has 1 aliphatic rings. The highest BCUT2D eigenvalue weighted by atomic mass is 15.3. The molecule has 1 N–H and O–H groups in total. The van der Waals surface area contributed by atoms with Gasteiger partial charge in [-0.3, -0.25) is 9.58 Å². The van der Waals surface area contributed by atoms with E-state index in [1.165, 1.54) is 31.4 Å². The van der Waals surface area contributed by atoms with E-state index in [1.54, 1.807) is 0 Å². The van der Waals surface area contributed by atoms with Crippen LogP contribution in [0.4, 0.5) is 0 Å². The van der Waals surface area contributed by atoms with Gasteiger partial charge in [0, 0.05) is 24.8 Å². The van der Waals surface area contributed by atoms with Crippen molar-refractivity contribution >= 4 is 0 Å². The van der Waals surface area contributed by atoms with Crippen molar-refractivity contribution in [1.29, 1.82) is 0 Å². The van der Waals surface area contributed by atoms with Crippen LogP contribution in [0.25, 0.3) is 0 Å². The summed E-state index contributed by atoms with van der Waals surface area (Å²) in [7, 11) is 4.06. The molecule has 1 aliphatic heterocycles. The number of aromatic nitrogens is 2. The number of hydrogen-bond donors (Lipinski definition) is 1. The lowest BCUT2D eigenvalue weighted by molar-refractivity contribution is 0.162. The molecule has 2 heterocycles. The molecular formula is C14H26N4. The van der Waals surface area contributed by atoms with Crippen LogP contribution in [0.1, 0.15) is 37.8 Å². The zero-order chi connectivity index (χ0) is 13.0. The van der Waals surface area contributed by atoms with E-state index in [0.29, 0.717) is 12.0 Å². The van der Waals surface area contributed by atoms with Gasteiger partial charge in [0.15, 0.2) is 0 Å². The van der Waals surface area contributed by atoms with Crippen molar-refractivity contribution in [2.45, 2.75) is 32.2 Å². The SMILES string of the molecule is CCN1CCCCC(CNC)C1c1cnn(C)c1. The van der Waals surface area contributed by atoms with Crippen LogP contribution in [0.5, 0.6) is 0 Å². The van der Waals surface area contributed by atoms with Crippen LogP contribution >= 0.6 is 0 Å². The third kappa shape index (κ3) is 2.93. The van der Waals surface area contributed by atoms with Gasteiger partial charge in [0.1, 0.15) is 0 Å². The molecule has 1 aromatic heterocycles. The second-order valence-electron chi connectivity index (χ2n) is 5.33. The molecule has 4 heteroatoms. The molecule has 0 amide bonds. The predicted octanol–water partition coefficient (Wildman–Crippen LogP) is 1.80. The molecule has 2 rings (SSSR count). The first kappa shape index (κ1) is 13.6. The zero-order valence-electron chi connectivity index (χ0n) is 11.9. The number of likely N-dealkylation sites (tertiary alicyclic amines) is 1. The van der Waals surface area contributed by atoms with Gasteiger partial charge >= 0.3 is 0 Å². The molecule has 18 heavy (non-hydrogen) atoms. The Morgan fingerprint density at radius 3 is 2.89 bits per heavy atom. The minimum atomic E-state index is 0.527. The van der Waals surface area contributed by atoms with Crippen molar-refractivity contribution in [2.24, 2.45) is 13.0 Å². The van der Waals surface area contributed by atoms with E-state index in [2.05, 4.69) is 35.5 Å². The molecule has 0 bridgehead atoms. The topological polar surface area (TPSA) is 33.1 Å². The Kier molecular flexibility index (Phi) is 4.78. The molecule has 4 nitrogen and oxygen atoms in total. The minimum absolute atomic E-state index is 0.527. The first-order chi connectivity index (χ1) is 8.76. The minimum Gasteiger partial charge on any atom is -0.319 e. The number of rotatable bonds is 4. The van der Waals surface area contributed by atoms with E-state index in [9.17, 15) is 0 Å². The van der Waals surface area contributed by atoms with E-state index in [0.717, 1.165) is 13.1 Å². The summed E-state index contributed by atoms with van der Waals surface area (Å²) in [5, 5.41) is 7.72. The van der Waals surface area contributed by atoms with Gasteiger partial charge in [0.2, 0.25) is 0 Å². The Hall–Kier alpha value is -0.870. The maximum absolute atomic E-state index is 4.36. The second kappa shape index (κ2) is 6.34. The van der Waals surface area contributed by atoms with Gasteiger partial charge in [0.25, 0.3) is 0 Å². The van der Waals surface area contributed by atoms with E-state index < -0.39 is 0 Å². The lowest BCUT2D eigenvalue weighted by atomic mass is 9.90. The summed E-state index contributed by atoms with van der Waals surface area (Å²) in [6, 6.07) is 0.527. The fraction of sp³-hybridized carbons (Fsp3) is 0.786. The Labute approximate surface area is 110 Å². The van der Waals surface area contributed by atoms with Crippen LogP contribution in [-0.2, 0) is 7.05 Å². The summed E-state index contributed by atoms with van der Waals surface area (Å²) in [5.41, 5.74) is 1.38. The van der Waals surface area contributed by atoms with Crippen LogP contribution in [0, 0.1) is 5.92 Å². The molecular weight excluding hydrogens is 224 g/mol. The van der Waals surface area contributed by atoms with Gasteiger partial charge < -0.3 is 5.32 Å². The molecule has 2 atom stereocenters. The number of nitrogens with zero attached hydrogens (tertiary/aromatic N) is 3. The molecule has 0 radical (unpaired) electrons. The Bertz CT molecular complexity index is 360. The molecule has 0 saturated carbocycles. The maximum Gasteiger partial charge on any atom is 0.0537 e. The normalized spacial score (nSPS) is 26.2. The highest BCUT2D eigenvalue weighted by Gasteiger charge is 2.30. The van der Waals surface area contributed by atoms with Gasteiger partial charge in [-0.25, -0.2) is 0 Å². The highest BCUT2D eigenvalue weighted by Crippen LogP contribution is 2.34. The van der Waals surface area contributed by atoms with Crippen molar-refractivity contribution < 1.29 is 0 Å². The van der Waals surface area contributed by atoms with Crippen molar-refractivity contribution in [3.8, 4) is 0 Å². The smallest absolute Gasteiger partial charge is 0.0537 e. The molecule has 102 valence electrons. The molecule has 1 aromatic rings. The van der Waals surface area contributed by atoms with Gasteiger partial charge in [0.05, 0.1) is 6.20 Å². The molecule has 0 aromatic carbocycles. The summed E-state index contributed by atoms with van der Waals surface area (Å²) in [6.07, 6.45) is 8.21. The van der Waals surface area contributed by atoms with E-state index in [1.807, 2.05) is 17.9 Å². The standard InChI is InChI=1S/C14H26N4/c1-4-18-8-6-5-7-12(9-15-2)14(18)13-10-16-17(3)11-13/h10-12,14-15H,4-9H2,1-3H3. The molecule has 2 unspecified atom stereocenters. The van der Waals surface area contributed by atoms with Gasteiger partial charge in [-0.05, 0) is 45.4 Å². The molecule has 1 fully saturated rings. The van der Waals surface area contributed by atoms with Crippen molar-refractivity contribution in [1.82, 2.24) is 20.0 Å². The molecule has 1 saturated heterocycles. The van der Waals surface area contributed by atoms with Gasteiger partial charge in [-0.2, -0.15) is 5.10 Å². The summed E-state index contributed by atoms with van der Waals surface area (Å²) < 4.78 is 1.92. The van der Waals surface area contributed by atoms with Crippen LogP contribution < -0.4 is 5.32 Å². The van der Waals surface area contributed by atoms with Crippen molar-refractivity contribution in [3.05, 3.63) is 18.0 Å². The van der Waals surface area contributed by atoms with Crippen LogP contribution in [0.15, 0.2) is 12.4 Å². The first-order valence-electron chi connectivity index (χ1n) is 7.13. The monoisotopic (exact) mass is 250 g/mol. The first-order valence-corrected chi connectivity index (χ1v) is 7.13. The third-order valence-electron chi connectivity index (χ3n) is 4.05. The summed E-state index contributed by atoms with van der Waals surface area (Å²) >= 11 is 0. The van der Waals surface area contributed by atoms with Crippen molar-refractivity contribution in [2.75, 3.05) is 26.7 Å². The largest absolute Gasteiger partial charge is 0.319 e.